The average molecular weight is 313 g/mol. The van der Waals surface area contributed by atoms with Crippen molar-refractivity contribution in [2.75, 3.05) is 6.54 Å². The zero-order chi connectivity index (χ0) is 16.7. The van der Waals surface area contributed by atoms with Crippen molar-refractivity contribution in [1.29, 1.82) is 0 Å². The van der Waals surface area contributed by atoms with Gasteiger partial charge in [0.2, 0.25) is 17.7 Å². The third-order valence-corrected chi connectivity index (χ3v) is 3.99. The maximum atomic E-state index is 12.3. The molecule has 1 heterocycles. The topological polar surface area (TPSA) is 113 Å². The molecule has 3 amide bonds. The van der Waals surface area contributed by atoms with Gasteiger partial charge in [-0.2, -0.15) is 0 Å². The number of rotatable bonds is 8. The van der Waals surface area contributed by atoms with Gasteiger partial charge in [0.25, 0.3) is 0 Å². The molecule has 0 aromatic carbocycles. The number of aliphatic hydroxyl groups excluding tert-OH is 1. The van der Waals surface area contributed by atoms with Gasteiger partial charge >= 0.3 is 0 Å². The van der Waals surface area contributed by atoms with Gasteiger partial charge in [0.05, 0.1) is 6.10 Å². The van der Waals surface area contributed by atoms with E-state index in [-0.39, 0.29) is 18.9 Å². The monoisotopic (exact) mass is 313 g/mol. The minimum absolute atomic E-state index is 0.144. The zero-order valence-electron chi connectivity index (χ0n) is 13.4. The summed E-state index contributed by atoms with van der Waals surface area (Å²) in [7, 11) is 0. The van der Waals surface area contributed by atoms with Crippen molar-refractivity contribution < 1.29 is 19.5 Å². The number of carbonyl (C=O) groups excluding carboxylic acids is 3. The molecule has 7 nitrogen and oxygen atoms in total. The van der Waals surface area contributed by atoms with Crippen LogP contribution in [0.4, 0.5) is 0 Å². The molecule has 0 aliphatic carbocycles. The number of primary amides is 1. The lowest BCUT2D eigenvalue weighted by Crippen LogP contribution is -2.51. The van der Waals surface area contributed by atoms with Crippen LogP contribution in [0.3, 0.4) is 0 Å². The Morgan fingerprint density at radius 1 is 1.32 bits per heavy atom. The number of hydrogen-bond donors (Lipinski definition) is 3. The van der Waals surface area contributed by atoms with Crippen molar-refractivity contribution in [3.63, 3.8) is 0 Å². The van der Waals surface area contributed by atoms with Crippen molar-refractivity contribution >= 4 is 17.7 Å². The second-order valence-electron chi connectivity index (χ2n) is 5.89. The Labute approximate surface area is 131 Å². The fraction of sp³-hybridized carbons (Fsp3) is 0.800. The fourth-order valence-corrected chi connectivity index (χ4v) is 2.74. The smallest absolute Gasteiger partial charge is 0.243 e. The molecule has 1 aliphatic heterocycles. The van der Waals surface area contributed by atoms with E-state index < -0.39 is 30.0 Å². The summed E-state index contributed by atoms with van der Waals surface area (Å²) in [4.78, 5) is 36.6. The third-order valence-electron chi connectivity index (χ3n) is 3.99. The number of β-amino-alcohol motifs (C(OH)–C–C–N with tert-alkyl or cyclic N) is 1. The number of hydrogen-bond acceptors (Lipinski definition) is 4. The van der Waals surface area contributed by atoms with Crippen LogP contribution in [0, 0.1) is 0 Å². The van der Waals surface area contributed by atoms with Crippen molar-refractivity contribution in [3.05, 3.63) is 0 Å². The van der Waals surface area contributed by atoms with Crippen LogP contribution < -0.4 is 11.1 Å². The van der Waals surface area contributed by atoms with Gasteiger partial charge in [0, 0.05) is 19.9 Å². The Morgan fingerprint density at radius 2 is 2.00 bits per heavy atom. The molecule has 1 saturated heterocycles. The first-order valence-electron chi connectivity index (χ1n) is 7.91. The molecule has 0 aromatic heterocycles. The normalized spacial score (nSPS) is 22.4. The molecule has 0 aromatic rings. The van der Waals surface area contributed by atoms with Gasteiger partial charge < -0.3 is 21.1 Å². The Hall–Kier alpha value is -1.63. The van der Waals surface area contributed by atoms with Crippen LogP contribution in [0.5, 0.6) is 0 Å². The highest BCUT2D eigenvalue weighted by Gasteiger charge is 2.38. The van der Waals surface area contributed by atoms with Crippen LogP contribution in [0.2, 0.25) is 0 Å². The van der Waals surface area contributed by atoms with E-state index in [1.807, 2.05) is 0 Å². The van der Waals surface area contributed by atoms with Crippen LogP contribution in [-0.2, 0) is 14.4 Å². The van der Waals surface area contributed by atoms with Crippen molar-refractivity contribution in [2.45, 2.75) is 70.6 Å². The lowest BCUT2D eigenvalue weighted by molar-refractivity contribution is -0.138. The maximum Gasteiger partial charge on any atom is 0.243 e. The van der Waals surface area contributed by atoms with Gasteiger partial charge in [-0.15, -0.1) is 0 Å². The summed E-state index contributed by atoms with van der Waals surface area (Å²) in [6.45, 7) is 3.59. The number of carbonyl (C=O) groups is 3. The quantitative estimate of drug-likeness (QED) is 0.543. The fourth-order valence-electron chi connectivity index (χ4n) is 2.74. The van der Waals surface area contributed by atoms with Crippen LogP contribution >= 0.6 is 0 Å². The molecule has 126 valence electrons. The molecular weight excluding hydrogens is 286 g/mol. The second kappa shape index (κ2) is 8.73. The molecule has 7 heteroatoms. The summed E-state index contributed by atoms with van der Waals surface area (Å²) >= 11 is 0. The Morgan fingerprint density at radius 3 is 2.55 bits per heavy atom. The Balaban J connectivity index is 2.58. The number of amides is 3. The molecular formula is C15H27N3O4. The summed E-state index contributed by atoms with van der Waals surface area (Å²) in [6.07, 6.45) is 3.93. The van der Waals surface area contributed by atoms with E-state index in [1.54, 1.807) is 0 Å². The highest BCUT2D eigenvalue weighted by Crippen LogP contribution is 2.18. The van der Waals surface area contributed by atoms with Gasteiger partial charge in [-0.3, -0.25) is 14.4 Å². The van der Waals surface area contributed by atoms with Gasteiger partial charge in [-0.25, -0.2) is 0 Å². The molecule has 1 aliphatic rings. The SMILES string of the molecule is CCCCCC[C@H](NC(=O)[C@@H]1C[C@@H](O)CN1C(C)=O)C(N)=O. The minimum atomic E-state index is -0.731. The molecule has 4 N–H and O–H groups in total. The van der Waals surface area contributed by atoms with E-state index in [0.29, 0.717) is 6.42 Å². The minimum Gasteiger partial charge on any atom is -0.391 e. The predicted octanol–water partition coefficient (Wildman–Crippen LogP) is -0.0914. The number of likely N-dealkylation sites (tertiary alicyclic amines) is 1. The molecule has 1 rings (SSSR count). The summed E-state index contributed by atoms with van der Waals surface area (Å²) in [5.41, 5.74) is 5.34. The van der Waals surface area contributed by atoms with Crippen molar-refractivity contribution in [3.8, 4) is 0 Å². The van der Waals surface area contributed by atoms with Gasteiger partial charge in [0.1, 0.15) is 12.1 Å². The molecule has 0 radical (unpaired) electrons. The highest BCUT2D eigenvalue weighted by atomic mass is 16.3. The van der Waals surface area contributed by atoms with E-state index in [0.717, 1.165) is 25.7 Å². The summed E-state index contributed by atoms with van der Waals surface area (Å²) in [5, 5.41) is 12.3. The van der Waals surface area contributed by atoms with Gasteiger partial charge in [0.15, 0.2) is 0 Å². The second-order valence-corrected chi connectivity index (χ2v) is 5.89. The van der Waals surface area contributed by atoms with Crippen LogP contribution in [0.15, 0.2) is 0 Å². The number of nitrogens with two attached hydrogens (primary N) is 1. The predicted molar refractivity (Wildman–Crippen MR) is 81.7 cm³/mol. The first kappa shape index (κ1) is 18.4. The van der Waals surface area contributed by atoms with E-state index in [9.17, 15) is 19.5 Å². The first-order chi connectivity index (χ1) is 10.4. The van der Waals surface area contributed by atoms with Crippen LogP contribution in [0.1, 0.15) is 52.4 Å². The van der Waals surface area contributed by atoms with Gasteiger partial charge in [-0.05, 0) is 6.42 Å². The largest absolute Gasteiger partial charge is 0.391 e. The molecule has 0 spiro atoms. The Kier molecular flexibility index (Phi) is 7.31. The van der Waals surface area contributed by atoms with E-state index in [2.05, 4.69) is 12.2 Å². The van der Waals surface area contributed by atoms with Crippen LogP contribution in [0.25, 0.3) is 0 Å². The standard InChI is InChI=1S/C15H27N3O4/c1-3-4-5-6-7-12(14(16)21)17-15(22)13-8-11(20)9-18(13)10(2)19/h11-13,20H,3-9H2,1-2H3,(H2,16,21)(H,17,22)/t11-,12+,13+/m1/s1. The number of aliphatic hydroxyl groups is 1. The summed E-state index contributed by atoms with van der Waals surface area (Å²) in [6, 6.07) is -1.46. The van der Waals surface area contributed by atoms with Crippen molar-refractivity contribution in [2.24, 2.45) is 5.73 Å². The lowest BCUT2D eigenvalue weighted by Gasteiger charge is -2.24. The van der Waals surface area contributed by atoms with Crippen LogP contribution in [-0.4, -0.2) is 52.5 Å². The highest BCUT2D eigenvalue weighted by molar-refractivity contribution is 5.91. The molecule has 1 fully saturated rings. The average Bonchev–Trinajstić information content (AvgIpc) is 2.84. The summed E-state index contributed by atoms with van der Waals surface area (Å²) in [5.74, 6) is -1.26. The molecule has 0 saturated carbocycles. The van der Waals surface area contributed by atoms with E-state index >= 15 is 0 Å². The number of nitrogens with zero attached hydrogens (tertiary/aromatic N) is 1. The lowest BCUT2D eigenvalue weighted by atomic mass is 10.1. The van der Waals surface area contributed by atoms with E-state index in [1.165, 1.54) is 11.8 Å². The zero-order valence-corrected chi connectivity index (χ0v) is 13.4. The number of nitrogens with one attached hydrogen (secondary N) is 1. The molecule has 0 unspecified atom stereocenters. The molecule has 22 heavy (non-hydrogen) atoms. The van der Waals surface area contributed by atoms with Crippen molar-refractivity contribution in [1.82, 2.24) is 10.2 Å². The molecule has 0 bridgehead atoms. The Bertz CT molecular complexity index is 414. The van der Waals surface area contributed by atoms with E-state index in [4.69, 9.17) is 5.73 Å². The summed E-state index contributed by atoms with van der Waals surface area (Å²) < 4.78 is 0. The first-order valence-corrected chi connectivity index (χ1v) is 7.91. The number of unbranched alkanes of at least 4 members (excludes halogenated alkanes) is 3. The third kappa shape index (κ3) is 5.29. The molecule has 3 atom stereocenters. The maximum absolute atomic E-state index is 12.3. The van der Waals surface area contributed by atoms with Gasteiger partial charge in [-0.1, -0.05) is 32.6 Å².